The first-order valence-electron chi connectivity index (χ1n) is 3.85. The number of rotatable bonds is 2. The van der Waals surface area contributed by atoms with Gasteiger partial charge in [0, 0.05) is 6.20 Å². The molecule has 0 aliphatic carbocycles. The molecule has 0 aliphatic rings. The molecule has 1 rings (SSSR count). The third kappa shape index (κ3) is 2.19. The Kier molecular flexibility index (Phi) is 2.89. The van der Waals surface area contributed by atoms with Crippen molar-refractivity contribution in [2.45, 2.75) is 26.2 Å². The molecule has 1 atom stereocenters. The molecule has 0 aromatic carbocycles. The molecule has 0 radical (unpaired) electrons. The van der Waals surface area contributed by atoms with Gasteiger partial charge in [0.05, 0.1) is 0 Å². The van der Waals surface area contributed by atoms with Crippen molar-refractivity contribution >= 4 is 11.6 Å². The zero-order valence-electron chi connectivity index (χ0n) is 6.84. The normalized spacial score (nSPS) is 13.0. The third-order valence-corrected chi connectivity index (χ3v) is 2.14. The standard InChI is InChI=1S/C9H12ClN/c1-3-7(2)8-4-5-11-9(10)6-8/h4-7H,3H2,1-2H3/t7-/m1/s1. The molecular weight excluding hydrogens is 158 g/mol. The Hall–Kier alpha value is -0.560. The Morgan fingerprint density at radius 1 is 1.64 bits per heavy atom. The number of hydrogen-bond acceptors (Lipinski definition) is 1. The van der Waals surface area contributed by atoms with Gasteiger partial charge in [-0.15, -0.1) is 0 Å². The molecule has 1 aromatic heterocycles. The first-order valence-corrected chi connectivity index (χ1v) is 4.23. The SMILES string of the molecule is CC[C@@H](C)c1ccnc(Cl)c1. The van der Waals surface area contributed by atoms with Gasteiger partial charge in [-0.2, -0.15) is 0 Å². The molecule has 2 heteroatoms. The molecule has 1 nitrogen and oxygen atoms in total. The predicted octanol–water partition coefficient (Wildman–Crippen LogP) is 3.25. The van der Waals surface area contributed by atoms with Crippen molar-refractivity contribution in [3.05, 3.63) is 29.0 Å². The average Bonchev–Trinajstić information content (AvgIpc) is 2.03. The maximum atomic E-state index is 5.73. The lowest BCUT2D eigenvalue weighted by atomic mass is 10.0. The first-order chi connectivity index (χ1) is 5.24. The lowest BCUT2D eigenvalue weighted by molar-refractivity contribution is 0.732. The van der Waals surface area contributed by atoms with Crippen LogP contribution in [0.1, 0.15) is 31.7 Å². The third-order valence-electron chi connectivity index (χ3n) is 1.93. The van der Waals surface area contributed by atoms with Crippen molar-refractivity contribution in [3.8, 4) is 0 Å². The zero-order valence-corrected chi connectivity index (χ0v) is 7.60. The lowest BCUT2D eigenvalue weighted by Crippen LogP contribution is -1.91. The highest BCUT2D eigenvalue weighted by Gasteiger charge is 2.02. The zero-order chi connectivity index (χ0) is 8.27. The summed E-state index contributed by atoms with van der Waals surface area (Å²) in [7, 11) is 0. The predicted molar refractivity (Wildman–Crippen MR) is 48.0 cm³/mol. The van der Waals surface area contributed by atoms with Crippen molar-refractivity contribution in [2.75, 3.05) is 0 Å². The van der Waals surface area contributed by atoms with Crippen LogP contribution in [-0.4, -0.2) is 4.98 Å². The summed E-state index contributed by atoms with van der Waals surface area (Å²) >= 11 is 5.73. The van der Waals surface area contributed by atoms with Crippen LogP contribution in [0.3, 0.4) is 0 Å². The Bertz CT molecular complexity index is 235. The van der Waals surface area contributed by atoms with Gasteiger partial charge in [-0.1, -0.05) is 25.4 Å². The van der Waals surface area contributed by atoms with Crippen molar-refractivity contribution in [3.63, 3.8) is 0 Å². The molecule has 1 heterocycles. The molecule has 1 aromatic rings. The molecule has 0 N–H and O–H groups in total. The summed E-state index contributed by atoms with van der Waals surface area (Å²) < 4.78 is 0. The smallest absolute Gasteiger partial charge is 0.129 e. The van der Waals surface area contributed by atoms with Crippen molar-refractivity contribution in [2.24, 2.45) is 0 Å². The molecule has 0 amide bonds. The quantitative estimate of drug-likeness (QED) is 0.620. The minimum atomic E-state index is 0.579. The minimum absolute atomic E-state index is 0.579. The second-order valence-corrected chi connectivity index (χ2v) is 3.11. The summed E-state index contributed by atoms with van der Waals surface area (Å²) in [4.78, 5) is 3.92. The van der Waals surface area contributed by atoms with Crippen LogP contribution in [0.5, 0.6) is 0 Å². The van der Waals surface area contributed by atoms with E-state index in [0.717, 1.165) is 6.42 Å². The van der Waals surface area contributed by atoms with Crippen LogP contribution in [0.15, 0.2) is 18.3 Å². The van der Waals surface area contributed by atoms with Crippen molar-refractivity contribution in [1.29, 1.82) is 0 Å². The molecule has 0 spiro atoms. The van der Waals surface area contributed by atoms with E-state index in [1.807, 2.05) is 12.1 Å². The van der Waals surface area contributed by atoms with Gasteiger partial charge in [0.1, 0.15) is 5.15 Å². The second-order valence-electron chi connectivity index (χ2n) is 2.72. The van der Waals surface area contributed by atoms with Crippen LogP contribution in [0.25, 0.3) is 0 Å². The van der Waals surface area contributed by atoms with E-state index in [0.29, 0.717) is 11.1 Å². The highest BCUT2D eigenvalue weighted by molar-refractivity contribution is 6.29. The molecule has 0 saturated heterocycles. The fraction of sp³-hybridized carbons (Fsp3) is 0.444. The highest BCUT2D eigenvalue weighted by atomic mass is 35.5. The summed E-state index contributed by atoms with van der Waals surface area (Å²) in [6.45, 7) is 4.35. The maximum absolute atomic E-state index is 5.73. The Labute approximate surface area is 72.4 Å². The molecular formula is C9H12ClN. The minimum Gasteiger partial charge on any atom is -0.245 e. The van der Waals surface area contributed by atoms with Gasteiger partial charge in [0.25, 0.3) is 0 Å². The lowest BCUT2D eigenvalue weighted by Gasteiger charge is -2.07. The molecule has 11 heavy (non-hydrogen) atoms. The molecule has 0 bridgehead atoms. The van der Waals surface area contributed by atoms with Gasteiger partial charge in [-0.3, -0.25) is 0 Å². The first kappa shape index (κ1) is 8.54. The molecule has 0 fully saturated rings. The van der Waals surface area contributed by atoms with E-state index in [-0.39, 0.29) is 0 Å². The Morgan fingerprint density at radius 2 is 2.36 bits per heavy atom. The van der Waals surface area contributed by atoms with Crippen LogP contribution in [0.2, 0.25) is 5.15 Å². The topological polar surface area (TPSA) is 12.9 Å². The van der Waals surface area contributed by atoms with Gasteiger partial charge in [-0.25, -0.2) is 4.98 Å². The summed E-state index contributed by atoms with van der Waals surface area (Å²) in [5.74, 6) is 0.579. The number of halogens is 1. The van der Waals surface area contributed by atoms with Crippen molar-refractivity contribution in [1.82, 2.24) is 4.98 Å². The van der Waals surface area contributed by atoms with Gasteiger partial charge in [-0.05, 0) is 30.0 Å². The van der Waals surface area contributed by atoms with E-state index in [2.05, 4.69) is 18.8 Å². The molecule has 60 valence electrons. The van der Waals surface area contributed by atoms with Crippen LogP contribution in [-0.2, 0) is 0 Å². The van der Waals surface area contributed by atoms with Gasteiger partial charge in [0.2, 0.25) is 0 Å². The van der Waals surface area contributed by atoms with Crippen LogP contribution >= 0.6 is 11.6 Å². The molecule has 0 saturated carbocycles. The fourth-order valence-corrected chi connectivity index (χ4v) is 1.14. The number of pyridine rings is 1. The summed E-state index contributed by atoms with van der Waals surface area (Å²) in [6, 6.07) is 3.94. The fourth-order valence-electron chi connectivity index (χ4n) is 0.960. The molecule has 0 unspecified atom stereocenters. The number of aromatic nitrogens is 1. The van der Waals surface area contributed by atoms with Crippen LogP contribution in [0.4, 0.5) is 0 Å². The maximum Gasteiger partial charge on any atom is 0.129 e. The highest BCUT2D eigenvalue weighted by Crippen LogP contribution is 2.19. The van der Waals surface area contributed by atoms with E-state index in [9.17, 15) is 0 Å². The van der Waals surface area contributed by atoms with Crippen LogP contribution < -0.4 is 0 Å². The Balaban J connectivity index is 2.86. The average molecular weight is 170 g/mol. The van der Waals surface area contributed by atoms with E-state index in [4.69, 9.17) is 11.6 Å². The van der Waals surface area contributed by atoms with Crippen molar-refractivity contribution < 1.29 is 0 Å². The van der Waals surface area contributed by atoms with E-state index in [1.54, 1.807) is 6.20 Å². The van der Waals surface area contributed by atoms with Gasteiger partial charge < -0.3 is 0 Å². The van der Waals surface area contributed by atoms with E-state index < -0.39 is 0 Å². The summed E-state index contributed by atoms with van der Waals surface area (Å²) in [6.07, 6.45) is 2.89. The number of hydrogen-bond donors (Lipinski definition) is 0. The van der Waals surface area contributed by atoms with Gasteiger partial charge in [0.15, 0.2) is 0 Å². The second kappa shape index (κ2) is 3.72. The summed E-state index contributed by atoms with van der Waals surface area (Å²) in [5, 5.41) is 0.586. The van der Waals surface area contributed by atoms with E-state index in [1.165, 1.54) is 5.56 Å². The van der Waals surface area contributed by atoms with Gasteiger partial charge >= 0.3 is 0 Å². The van der Waals surface area contributed by atoms with E-state index >= 15 is 0 Å². The number of nitrogens with zero attached hydrogens (tertiary/aromatic N) is 1. The monoisotopic (exact) mass is 169 g/mol. The largest absolute Gasteiger partial charge is 0.245 e. The Morgan fingerprint density at radius 3 is 2.91 bits per heavy atom. The molecule has 0 aliphatic heterocycles. The summed E-state index contributed by atoms with van der Waals surface area (Å²) in [5.41, 5.74) is 1.27. The van der Waals surface area contributed by atoms with Crippen LogP contribution in [0, 0.1) is 0 Å².